The predicted molar refractivity (Wildman–Crippen MR) is 142 cm³/mol. The fourth-order valence-electron chi connectivity index (χ4n) is 4.49. The number of halogens is 1. The lowest BCUT2D eigenvalue weighted by atomic mass is 10.0. The van der Waals surface area contributed by atoms with Crippen molar-refractivity contribution in [2.75, 3.05) is 73.2 Å². The van der Waals surface area contributed by atoms with Crippen LogP contribution in [0.1, 0.15) is 37.8 Å². The van der Waals surface area contributed by atoms with Gasteiger partial charge in [0.15, 0.2) is 5.96 Å². The molecule has 7 nitrogen and oxygen atoms in total. The summed E-state index contributed by atoms with van der Waals surface area (Å²) >= 11 is 0. The molecule has 2 aliphatic rings. The standard InChI is InChI=1S/C24H41N5O2.HI/c1-20(19-28-13-15-31-16-14-28)17-26-24(25-2)27-18-23(29-11-5-4-6-12-29)21-7-9-22(30-3)10-8-21;/h7-10,20,23H,4-6,11-19H2,1-3H3,(H2,25,26,27);1H. The van der Waals surface area contributed by atoms with Gasteiger partial charge in [0.1, 0.15) is 5.75 Å². The average Bonchev–Trinajstić information content (AvgIpc) is 2.83. The van der Waals surface area contributed by atoms with Crippen LogP contribution in [0.15, 0.2) is 29.3 Å². The van der Waals surface area contributed by atoms with Crippen molar-refractivity contribution in [3.8, 4) is 5.75 Å². The third kappa shape index (κ3) is 8.68. The number of aliphatic imine (C=N–C) groups is 1. The third-order valence-corrected chi connectivity index (χ3v) is 6.31. The van der Waals surface area contributed by atoms with Crippen LogP contribution in [0.2, 0.25) is 0 Å². The number of nitrogens with zero attached hydrogens (tertiary/aromatic N) is 3. The molecule has 32 heavy (non-hydrogen) atoms. The highest BCUT2D eigenvalue weighted by atomic mass is 127. The fourth-order valence-corrected chi connectivity index (χ4v) is 4.49. The van der Waals surface area contributed by atoms with Crippen molar-refractivity contribution < 1.29 is 9.47 Å². The lowest BCUT2D eigenvalue weighted by Crippen LogP contribution is -2.46. The van der Waals surface area contributed by atoms with Crippen LogP contribution in [-0.4, -0.2) is 88.9 Å². The van der Waals surface area contributed by atoms with E-state index < -0.39 is 0 Å². The maximum atomic E-state index is 5.45. The molecule has 0 spiro atoms. The molecule has 2 unspecified atom stereocenters. The Balaban J connectivity index is 0.00000363. The molecule has 0 bridgehead atoms. The molecule has 2 atom stereocenters. The number of nitrogens with one attached hydrogen (secondary N) is 2. The largest absolute Gasteiger partial charge is 0.497 e. The van der Waals surface area contributed by atoms with Gasteiger partial charge in [-0.05, 0) is 49.5 Å². The molecule has 0 aromatic heterocycles. The summed E-state index contributed by atoms with van der Waals surface area (Å²) in [6.45, 7) is 11.2. The summed E-state index contributed by atoms with van der Waals surface area (Å²) in [5.41, 5.74) is 1.33. The molecule has 2 aliphatic heterocycles. The summed E-state index contributed by atoms with van der Waals surface area (Å²) in [6.07, 6.45) is 3.89. The summed E-state index contributed by atoms with van der Waals surface area (Å²) in [4.78, 5) is 9.56. The molecule has 0 aliphatic carbocycles. The van der Waals surface area contributed by atoms with Crippen molar-refractivity contribution in [1.82, 2.24) is 20.4 Å². The molecule has 182 valence electrons. The van der Waals surface area contributed by atoms with Crippen LogP contribution in [0.25, 0.3) is 0 Å². The van der Waals surface area contributed by atoms with Gasteiger partial charge in [-0.15, -0.1) is 24.0 Å². The summed E-state index contributed by atoms with van der Waals surface area (Å²) in [5, 5.41) is 7.11. The Morgan fingerprint density at radius 3 is 2.31 bits per heavy atom. The van der Waals surface area contributed by atoms with E-state index in [1.54, 1.807) is 7.11 Å². The SMILES string of the molecule is CN=C(NCC(C)CN1CCOCC1)NCC(c1ccc(OC)cc1)N1CCCCC1.I. The number of morpholine rings is 1. The minimum Gasteiger partial charge on any atom is -0.497 e. The van der Waals surface area contributed by atoms with Crippen molar-refractivity contribution in [2.45, 2.75) is 32.2 Å². The van der Waals surface area contributed by atoms with Crippen LogP contribution in [-0.2, 0) is 4.74 Å². The van der Waals surface area contributed by atoms with Crippen molar-refractivity contribution >= 4 is 29.9 Å². The van der Waals surface area contributed by atoms with Gasteiger partial charge in [0.25, 0.3) is 0 Å². The molecule has 2 saturated heterocycles. The van der Waals surface area contributed by atoms with Gasteiger partial charge < -0.3 is 20.1 Å². The predicted octanol–water partition coefficient (Wildman–Crippen LogP) is 2.97. The van der Waals surface area contributed by atoms with Crippen LogP contribution < -0.4 is 15.4 Å². The summed E-state index contributed by atoms with van der Waals surface area (Å²) in [7, 11) is 3.57. The Morgan fingerprint density at radius 1 is 1.03 bits per heavy atom. The minimum absolute atomic E-state index is 0. The number of hydrogen-bond acceptors (Lipinski definition) is 5. The van der Waals surface area contributed by atoms with Crippen LogP contribution >= 0.6 is 24.0 Å². The normalized spacial score (nSPS) is 20.2. The zero-order valence-electron chi connectivity index (χ0n) is 20.0. The van der Waals surface area contributed by atoms with E-state index in [1.165, 1.54) is 24.8 Å². The minimum atomic E-state index is 0. The van der Waals surface area contributed by atoms with Gasteiger partial charge in [-0.1, -0.05) is 25.5 Å². The topological polar surface area (TPSA) is 61.4 Å². The lowest BCUT2D eigenvalue weighted by molar-refractivity contribution is 0.0320. The van der Waals surface area contributed by atoms with Gasteiger partial charge in [-0.2, -0.15) is 0 Å². The number of ether oxygens (including phenoxy) is 2. The lowest BCUT2D eigenvalue weighted by Gasteiger charge is -2.35. The molecule has 0 radical (unpaired) electrons. The van der Waals surface area contributed by atoms with Crippen molar-refractivity contribution in [3.63, 3.8) is 0 Å². The molecule has 3 rings (SSSR count). The molecular weight excluding hydrogens is 517 g/mol. The number of guanidine groups is 1. The van der Waals surface area contributed by atoms with Crippen LogP contribution in [0.5, 0.6) is 5.75 Å². The van der Waals surface area contributed by atoms with Crippen LogP contribution in [0, 0.1) is 5.92 Å². The zero-order valence-corrected chi connectivity index (χ0v) is 22.3. The third-order valence-electron chi connectivity index (χ3n) is 6.31. The second-order valence-corrected chi connectivity index (χ2v) is 8.74. The molecule has 1 aromatic rings. The molecule has 1 aromatic carbocycles. The molecule has 0 amide bonds. The molecule has 0 saturated carbocycles. The van der Waals surface area contributed by atoms with Gasteiger partial charge in [-0.3, -0.25) is 14.8 Å². The van der Waals surface area contributed by atoms with E-state index in [0.717, 1.165) is 70.7 Å². The van der Waals surface area contributed by atoms with E-state index in [9.17, 15) is 0 Å². The van der Waals surface area contributed by atoms with Gasteiger partial charge in [-0.25, -0.2) is 0 Å². The summed E-state index contributed by atoms with van der Waals surface area (Å²) in [6, 6.07) is 8.84. The highest BCUT2D eigenvalue weighted by Crippen LogP contribution is 2.25. The summed E-state index contributed by atoms with van der Waals surface area (Å²) < 4.78 is 10.8. The Morgan fingerprint density at radius 2 is 1.69 bits per heavy atom. The first-order valence-electron chi connectivity index (χ1n) is 11.8. The number of likely N-dealkylation sites (tertiary alicyclic amines) is 1. The van der Waals surface area contributed by atoms with Crippen LogP contribution in [0.3, 0.4) is 0 Å². The maximum absolute atomic E-state index is 5.45. The van der Waals surface area contributed by atoms with Gasteiger partial charge in [0.2, 0.25) is 0 Å². The number of methoxy groups -OCH3 is 1. The Hall–Kier alpha value is -1.10. The highest BCUT2D eigenvalue weighted by Gasteiger charge is 2.23. The van der Waals surface area contributed by atoms with E-state index >= 15 is 0 Å². The zero-order chi connectivity index (χ0) is 21.9. The molecular formula is C24H42IN5O2. The van der Waals surface area contributed by atoms with Gasteiger partial charge in [0, 0.05) is 39.8 Å². The first-order chi connectivity index (χ1) is 15.2. The maximum Gasteiger partial charge on any atom is 0.191 e. The Labute approximate surface area is 211 Å². The monoisotopic (exact) mass is 559 g/mol. The quantitative estimate of drug-likeness (QED) is 0.276. The highest BCUT2D eigenvalue weighted by molar-refractivity contribution is 14.0. The first-order valence-corrected chi connectivity index (χ1v) is 11.8. The molecule has 2 heterocycles. The Bertz CT molecular complexity index is 661. The smallest absolute Gasteiger partial charge is 0.191 e. The van der Waals surface area contributed by atoms with E-state index in [1.807, 2.05) is 7.05 Å². The average molecular weight is 560 g/mol. The van der Waals surface area contributed by atoms with E-state index in [2.05, 4.69) is 56.6 Å². The van der Waals surface area contributed by atoms with Crippen molar-refractivity contribution in [1.29, 1.82) is 0 Å². The van der Waals surface area contributed by atoms with E-state index in [-0.39, 0.29) is 24.0 Å². The number of piperidine rings is 1. The second-order valence-electron chi connectivity index (χ2n) is 8.74. The van der Waals surface area contributed by atoms with Gasteiger partial charge >= 0.3 is 0 Å². The summed E-state index contributed by atoms with van der Waals surface area (Å²) in [5.74, 6) is 2.33. The Kier molecular flexibility index (Phi) is 12.7. The fraction of sp³-hybridized carbons (Fsp3) is 0.708. The number of benzene rings is 1. The molecule has 8 heteroatoms. The molecule has 2 fully saturated rings. The van der Waals surface area contributed by atoms with Crippen molar-refractivity contribution in [3.05, 3.63) is 29.8 Å². The number of hydrogen-bond donors (Lipinski definition) is 2. The first kappa shape index (κ1) is 27.1. The van der Waals surface area contributed by atoms with Gasteiger partial charge in [0.05, 0.1) is 26.4 Å². The van der Waals surface area contributed by atoms with Crippen molar-refractivity contribution in [2.24, 2.45) is 10.9 Å². The van der Waals surface area contributed by atoms with E-state index in [0.29, 0.717) is 12.0 Å². The number of rotatable bonds is 9. The van der Waals surface area contributed by atoms with E-state index in [4.69, 9.17) is 9.47 Å². The second kappa shape index (κ2) is 14.9. The van der Waals surface area contributed by atoms with Crippen LogP contribution in [0.4, 0.5) is 0 Å². The molecule has 2 N–H and O–H groups in total.